The Kier molecular flexibility index (Phi) is 2.17. The van der Waals surface area contributed by atoms with Crippen molar-refractivity contribution in [1.82, 2.24) is 10.2 Å². The Balaban J connectivity index is 2.87. The zero-order valence-corrected chi connectivity index (χ0v) is 5.74. The molecule has 10 heavy (non-hydrogen) atoms. The molecule has 54 valence electrons. The van der Waals surface area contributed by atoms with Gasteiger partial charge in [-0.25, -0.2) is 0 Å². The van der Waals surface area contributed by atoms with Crippen molar-refractivity contribution in [3.8, 4) is 5.88 Å². The Bertz CT molecular complexity index is 195. The highest BCUT2D eigenvalue weighted by Gasteiger charge is 1.93. The molecule has 1 heterocycles. The molecule has 0 aromatic carbocycles. The molecule has 1 rings (SSSR count). The Morgan fingerprint density at radius 3 is 3.10 bits per heavy atom. The minimum atomic E-state index is 0.464. The molecule has 0 aliphatic rings. The van der Waals surface area contributed by atoms with E-state index in [0.717, 1.165) is 5.56 Å². The molecule has 0 radical (unpaired) electrons. The van der Waals surface area contributed by atoms with E-state index >= 15 is 0 Å². The van der Waals surface area contributed by atoms with Crippen LogP contribution in [0, 0.1) is 0 Å². The van der Waals surface area contributed by atoms with Gasteiger partial charge >= 0.3 is 0 Å². The fraction of sp³-hybridized carbons (Fsp3) is 0.333. The second kappa shape index (κ2) is 3.12. The molecule has 1 aromatic rings. The second-order valence-electron chi connectivity index (χ2n) is 1.81. The summed E-state index contributed by atoms with van der Waals surface area (Å²) in [6.07, 6.45) is 1.61. The van der Waals surface area contributed by atoms with Crippen molar-refractivity contribution < 1.29 is 4.74 Å². The molecule has 0 atom stereocenters. The van der Waals surface area contributed by atoms with Crippen LogP contribution < -0.4 is 10.5 Å². The summed E-state index contributed by atoms with van der Waals surface area (Å²) in [4.78, 5) is 0. The molecule has 0 fully saturated rings. The fourth-order valence-corrected chi connectivity index (χ4v) is 0.596. The summed E-state index contributed by atoms with van der Waals surface area (Å²) in [5.74, 6) is 0.503. The minimum Gasteiger partial charge on any atom is -0.480 e. The first-order chi connectivity index (χ1) is 4.86. The molecular formula is C6H9N3O. The predicted octanol–water partition coefficient (Wildman–Crippen LogP) is -0.0561. The normalized spacial score (nSPS) is 9.40. The van der Waals surface area contributed by atoms with Crippen LogP contribution in [0.3, 0.4) is 0 Å². The highest BCUT2D eigenvalue weighted by atomic mass is 16.5. The van der Waals surface area contributed by atoms with Crippen molar-refractivity contribution in [3.63, 3.8) is 0 Å². The van der Waals surface area contributed by atoms with Crippen molar-refractivity contribution in [2.75, 3.05) is 7.11 Å². The van der Waals surface area contributed by atoms with Gasteiger partial charge in [0.1, 0.15) is 0 Å². The molecule has 0 spiro atoms. The van der Waals surface area contributed by atoms with Crippen molar-refractivity contribution in [1.29, 1.82) is 0 Å². The smallest absolute Gasteiger partial charge is 0.233 e. The first-order valence-electron chi connectivity index (χ1n) is 2.92. The number of rotatable bonds is 2. The standard InChI is InChI=1S/C6H9N3O/c1-10-6-2-5(3-7)4-8-9-6/h2,4H,3,7H2,1H3. The zero-order valence-electron chi connectivity index (χ0n) is 5.74. The van der Waals surface area contributed by atoms with Gasteiger partial charge in [0.05, 0.1) is 13.3 Å². The van der Waals surface area contributed by atoms with Crippen molar-refractivity contribution in [3.05, 3.63) is 17.8 Å². The summed E-state index contributed by atoms with van der Waals surface area (Å²) in [6, 6.07) is 1.76. The van der Waals surface area contributed by atoms with Gasteiger partial charge in [0, 0.05) is 12.6 Å². The highest BCUT2D eigenvalue weighted by Crippen LogP contribution is 2.04. The van der Waals surface area contributed by atoms with Crippen LogP contribution in [0.1, 0.15) is 5.56 Å². The lowest BCUT2D eigenvalue weighted by Gasteiger charge is -1.97. The van der Waals surface area contributed by atoms with E-state index in [-0.39, 0.29) is 0 Å². The number of methoxy groups -OCH3 is 1. The molecule has 0 aliphatic carbocycles. The lowest BCUT2D eigenvalue weighted by molar-refractivity contribution is 0.391. The maximum Gasteiger partial charge on any atom is 0.233 e. The van der Waals surface area contributed by atoms with Gasteiger partial charge in [0.2, 0.25) is 5.88 Å². The molecule has 2 N–H and O–H groups in total. The Morgan fingerprint density at radius 1 is 1.70 bits per heavy atom. The van der Waals surface area contributed by atoms with Crippen LogP contribution in [-0.2, 0) is 6.54 Å². The average molecular weight is 139 g/mol. The average Bonchev–Trinajstić information content (AvgIpc) is 2.05. The summed E-state index contributed by atoms with van der Waals surface area (Å²) in [7, 11) is 1.55. The lowest BCUT2D eigenvalue weighted by Crippen LogP contribution is -1.99. The molecule has 0 unspecified atom stereocenters. The van der Waals surface area contributed by atoms with E-state index in [2.05, 4.69) is 10.2 Å². The van der Waals surface area contributed by atoms with E-state index in [1.165, 1.54) is 0 Å². The van der Waals surface area contributed by atoms with Gasteiger partial charge < -0.3 is 10.5 Å². The van der Waals surface area contributed by atoms with E-state index < -0.39 is 0 Å². The van der Waals surface area contributed by atoms with Gasteiger partial charge in [-0.2, -0.15) is 5.10 Å². The molecule has 0 amide bonds. The second-order valence-corrected chi connectivity index (χ2v) is 1.81. The van der Waals surface area contributed by atoms with Crippen molar-refractivity contribution >= 4 is 0 Å². The number of nitrogens with zero attached hydrogens (tertiary/aromatic N) is 2. The Labute approximate surface area is 59.0 Å². The van der Waals surface area contributed by atoms with E-state index in [1.54, 1.807) is 19.4 Å². The molecule has 0 saturated heterocycles. The Morgan fingerprint density at radius 2 is 2.50 bits per heavy atom. The van der Waals surface area contributed by atoms with Crippen LogP contribution in [0.4, 0.5) is 0 Å². The SMILES string of the molecule is COc1cc(CN)cnn1. The third-order valence-electron chi connectivity index (χ3n) is 1.13. The van der Waals surface area contributed by atoms with Crippen LogP contribution >= 0.6 is 0 Å². The van der Waals surface area contributed by atoms with E-state index in [0.29, 0.717) is 12.4 Å². The van der Waals surface area contributed by atoms with Crippen LogP contribution in [0.25, 0.3) is 0 Å². The largest absolute Gasteiger partial charge is 0.480 e. The monoisotopic (exact) mass is 139 g/mol. The molecule has 0 bridgehead atoms. The molecule has 4 heteroatoms. The maximum atomic E-state index is 5.35. The lowest BCUT2D eigenvalue weighted by atomic mass is 10.3. The van der Waals surface area contributed by atoms with Crippen LogP contribution in [0.5, 0.6) is 5.88 Å². The molecule has 1 aromatic heterocycles. The summed E-state index contributed by atoms with van der Waals surface area (Å²) >= 11 is 0. The van der Waals surface area contributed by atoms with Gasteiger partial charge in [-0.15, -0.1) is 5.10 Å². The third-order valence-corrected chi connectivity index (χ3v) is 1.13. The molecular weight excluding hydrogens is 130 g/mol. The number of ether oxygens (including phenoxy) is 1. The summed E-state index contributed by atoms with van der Waals surface area (Å²) in [6.45, 7) is 0.464. The van der Waals surface area contributed by atoms with Crippen LogP contribution in [-0.4, -0.2) is 17.3 Å². The quantitative estimate of drug-likeness (QED) is 0.623. The van der Waals surface area contributed by atoms with Gasteiger partial charge in [-0.3, -0.25) is 0 Å². The zero-order chi connectivity index (χ0) is 7.40. The van der Waals surface area contributed by atoms with E-state index in [1.807, 2.05) is 0 Å². The van der Waals surface area contributed by atoms with E-state index in [9.17, 15) is 0 Å². The first kappa shape index (κ1) is 6.95. The van der Waals surface area contributed by atoms with Crippen molar-refractivity contribution in [2.24, 2.45) is 5.73 Å². The van der Waals surface area contributed by atoms with Gasteiger partial charge in [0.25, 0.3) is 0 Å². The summed E-state index contributed by atoms with van der Waals surface area (Å²) in [5.41, 5.74) is 6.27. The first-order valence-corrected chi connectivity index (χ1v) is 2.92. The van der Waals surface area contributed by atoms with Crippen LogP contribution in [0.15, 0.2) is 12.3 Å². The third kappa shape index (κ3) is 1.41. The predicted molar refractivity (Wildman–Crippen MR) is 36.5 cm³/mol. The summed E-state index contributed by atoms with van der Waals surface area (Å²) in [5, 5.41) is 7.35. The van der Waals surface area contributed by atoms with Crippen molar-refractivity contribution in [2.45, 2.75) is 6.54 Å². The van der Waals surface area contributed by atoms with Gasteiger partial charge in [-0.1, -0.05) is 0 Å². The fourth-order valence-electron chi connectivity index (χ4n) is 0.596. The van der Waals surface area contributed by atoms with Gasteiger partial charge in [0.15, 0.2) is 0 Å². The maximum absolute atomic E-state index is 5.35. The molecule has 4 nitrogen and oxygen atoms in total. The summed E-state index contributed by atoms with van der Waals surface area (Å²) < 4.78 is 4.83. The number of nitrogens with two attached hydrogens (primary N) is 1. The number of hydrogen-bond donors (Lipinski definition) is 1. The number of hydrogen-bond acceptors (Lipinski definition) is 4. The highest BCUT2D eigenvalue weighted by molar-refractivity contribution is 5.16. The minimum absolute atomic E-state index is 0.464. The number of aromatic nitrogens is 2. The topological polar surface area (TPSA) is 61.0 Å². The van der Waals surface area contributed by atoms with E-state index in [4.69, 9.17) is 10.5 Å². The molecule has 0 saturated carbocycles. The van der Waals surface area contributed by atoms with Gasteiger partial charge in [-0.05, 0) is 5.56 Å². The van der Waals surface area contributed by atoms with Crippen LogP contribution in [0.2, 0.25) is 0 Å². The molecule has 0 aliphatic heterocycles. The Hall–Kier alpha value is -1.16.